The first-order chi connectivity index (χ1) is 13.0. The molecular weight excluding hydrogens is 348 g/mol. The Kier molecular flexibility index (Phi) is 5.14. The molecule has 3 rings (SSSR count). The maximum Gasteiger partial charge on any atom is 0.333 e. The van der Waals surface area contributed by atoms with Gasteiger partial charge < -0.3 is 14.4 Å². The summed E-state index contributed by atoms with van der Waals surface area (Å²) in [6, 6.07) is 7.27. The first-order valence-electron chi connectivity index (χ1n) is 8.43. The van der Waals surface area contributed by atoms with Gasteiger partial charge in [-0.05, 0) is 12.1 Å². The van der Waals surface area contributed by atoms with Crippen molar-refractivity contribution >= 4 is 11.2 Å². The Balaban J connectivity index is 2.16. The predicted octanol–water partition coefficient (Wildman–Crippen LogP) is 0.495. The summed E-state index contributed by atoms with van der Waals surface area (Å²) in [5.41, 5.74) is 0.362. The molecule has 3 aromatic rings. The van der Waals surface area contributed by atoms with E-state index in [1.165, 1.54) is 4.57 Å². The normalized spacial score (nSPS) is 10.9. The van der Waals surface area contributed by atoms with Crippen molar-refractivity contribution in [1.29, 1.82) is 0 Å². The molecule has 1 aromatic carbocycles. The Morgan fingerprint density at radius 2 is 2.04 bits per heavy atom. The summed E-state index contributed by atoms with van der Waals surface area (Å²) >= 11 is 0. The van der Waals surface area contributed by atoms with E-state index in [0.717, 1.165) is 10.1 Å². The minimum absolute atomic E-state index is 0.0579. The van der Waals surface area contributed by atoms with Crippen molar-refractivity contribution in [3.63, 3.8) is 0 Å². The smallest absolute Gasteiger partial charge is 0.333 e. The summed E-state index contributed by atoms with van der Waals surface area (Å²) in [7, 11) is 3.28. The van der Waals surface area contributed by atoms with E-state index in [1.54, 1.807) is 30.8 Å². The quantitative estimate of drug-likeness (QED) is 0.505. The lowest BCUT2D eigenvalue weighted by Crippen LogP contribution is -2.39. The number of ether oxygens (including phenoxy) is 1. The van der Waals surface area contributed by atoms with Crippen molar-refractivity contribution in [1.82, 2.24) is 18.7 Å². The number of nitrogens with zero attached hydrogens (tertiary/aromatic N) is 4. The molecule has 0 unspecified atom stereocenters. The summed E-state index contributed by atoms with van der Waals surface area (Å²) < 4.78 is 9.58. The molecule has 0 atom stereocenters. The lowest BCUT2D eigenvalue weighted by Gasteiger charge is -2.08. The van der Waals surface area contributed by atoms with Crippen LogP contribution in [-0.2, 0) is 20.6 Å². The van der Waals surface area contributed by atoms with Crippen LogP contribution in [0.4, 0.5) is 0 Å². The topological polar surface area (TPSA) is 91.3 Å². The zero-order valence-corrected chi connectivity index (χ0v) is 15.2. The zero-order chi connectivity index (χ0) is 19.6. The number of aliphatic hydroxyl groups excluding tert-OH is 1. The van der Waals surface area contributed by atoms with Crippen LogP contribution in [-0.4, -0.2) is 37.0 Å². The van der Waals surface area contributed by atoms with E-state index in [1.807, 2.05) is 12.1 Å². The summed E-state index contributed by atoms with van der Waals surface area (Å²) in [5, 5.41) is 8.86. The minimum Gasteiger partial charge on any atom is -0.493 e. The molecule has 0 aliphatic carbocycles. The highest BCUT2D eigenvalue weighted by Crippen LogP contribution is 2.25. The Morgan fingerprint density at radius 3 is 2.74 bits per heavy atom. The fourth-order valence-corrected chi connectivity index (χ4v) is 2.91. The molecule has 2 aromatic heterocycles. The SMILES string of the molecule is C#CCn1c(=O)c2c(nc(-c3cccc(OCCCO)c3)n2C)n(C)c1=O. The molecule has 0 bridgehead atoms. The first kappa shape index (κ1) is 18.5. The van der Waals surface area contributed by atoms with Crippen LogP contribution < -0.4 is 16.0 Å². The van der Waals surface area contributed by atoms with Gasteiger partial charge in [0.05, 0.1) is 13.2 Å². The fourth-order valence-electron chi connectivity index (χ4n) is 2.91. The third-order valence-corrected chi connectivity index (χ3v) is 4.27. The van der Waals surface area contributed by atoms with E-state index in [2.05, 4.69) is 10.9 Å². The lowest BCUT2D eigenvalue weighted by atomic mass is 10.2. The Morgan fingerprint density at radius 1 is 1.26 bits per heavy atom. The van der Waals surface area contributed by atoms with Crippen LogP contribution in [0.1, 0.15) is 6.42 Å². The Hall–Kier alpha value is -3.31. The van der Waals surface area contributed by atoms with E-state index in [0.29, 0.717) is 35.8 Å². The highest BCUT2D eigenvalue weighted by molar-refractivity contribution is 5.77. The first-order valence-corrected chi connectivity index (χ1v) is 8.43. The van der Waals surface area contributed by atoms with Crippen molar-refractivity contribution in [2.75, 3.05) is 13.2 Å². The van der Waals surface area contributed by atoms with Crippen molar-refractivity contribution in [2.24, 2.45) is 14.1 Å². The summed E-state index contributed by atoms with van der Waals surface area (Å²) in [4.78, 5) is 29.6. The summed E-state index contributed by atoms with van der Waals surface area (Å²) in [6.07, 6.45) is 5.82. The second-order valence-electron chi connectivity index (χ2n) is 6.06. The van der Waals surface area contributed by atoms with Gasteiger partial charge in [0.15, 0.2) is 11.2 Å². The molecule has 1 N–H and O–H groups in total. The van der Waals surface area contributed by atoms with Gasteiger partial charge in [-0.1, -0.05) is 18.1 Å². The van der Waals surface area contributed by atoms with Crippen molar-refractivity contribution in [3.05, 3.63) is 45.1 Å². The molecule has 8 heteroatoms. The molecule has 0 fully saturated rings. The zero-order valence-electron chi connectivity index (χ0n) is 15.2. The Bertz CT molecular complexity index is 1150. The van der Waals surface area contributed by atoms with Crippen LogP contribution >= 0.6 is 0 Å². The van der Waals surface area contributed by atoms with Crippen LogP contribution in [0, 0.1) is 12.3 Å². The molecule has 0 saturated heterocycles. The van der Waals surface area contributed by atoms with Gasteiger partial charge in [-0.3, -0.25) is 9.36 Å². The van der Waals surface area contributed by atoms with Crippen LogP contribution in [0.5, 0.6) is 5.75 Å². The maximum absolute atomic E-state index is 12.7. The molecule has 140 valence electrons. The predicted molar refractivity (Wildman–Crippen MR) is 102 cm³/mol. The number of aromatic nitrogens is 4. The number of aliphatic hydroxyl groups is 1. The van der Waals surface area contributed by atoms with Crippen LogP contribution in [0.15, 0.2) is 33.9 Å². The molecule has 0 amide bonds. The number of imidazole rings is 1. The molecule has 27 heavy (non-hydrogen) atoms. The minimum atomic E-state index is -0.504. The third kappa shape index (κ3) is 3.25. The number of terminal acetylenes is 1. The highest BCUT2D eigenvalue weighted by atomic mass is 16.5. The van der Waals surface area contributed by atoms with Gasteiger partial charge in [0.2, 0.25) is 0 Å². The summed E-state index contributed by atoms with van der Waals surface area (Å²) in [5.74, 6) is 3.49. The number of hydrogen-bond donors (Lipinski definition) is 1. The molecule has 0 aliphatic rings. The molecule has 0 spiro atoms. The molecular formula is C19H20N4O4. The average molecular weight is 368 g/mol. The largest absolute Gasteiger partial charge is 0.493 e. The second kappa shape index (κ2) is 7.51. The van der Waals surface area contributed by atoms with Crippen LogP contribution in [0.25, 0.3) is 22.6 Å². The fraction of sp³-hybridized carbons (Fsp3) is 0.316. The van der Waals surface area contributed by atoms with E-state index in [4.69, 9.17) is 16.3 Å². The average Bonchev–Trinajstić information content (AvgIpc) is 3.01. The highest BCUT2D eigenvalue weighted by Gasteiger charge is 2.19. The van der Waals surface area contributed by atoms with Gasteiger partial charge >= 0.3 is 5.69 Å². The van der Waals surface area contributed by atoms with E-state index in [9.17, 15) is 9.59 Å². The van der Waals surface area contributed by atoms with E-state index < -0.39 is 11.2 Å². The van der Waals surface area contributed by atoms with E-state index >= 15 is 0 Å². The van der Waals surface area contributed by atoms with Crippen LogP contribution in [0.3, 0.4) is 0 Å². The van der Waals surface area contributed by atoms with Gasteiger partial charge in [-0.2, -0.15) is 0 Å². The van der Waals surface area contributed by atoms with Gasteiger partial charge in [0.25, 0.3) is 5.56 Å². The molecule has 0 aliphatic heterocycles. The molecule has 8 nitrogen and oxygen atoms in total. The second-order valence-corrected chi connectivity index (χ2v) is 6.06. The van der Waals surface area contributed by atoms with E-state index in [-0.39, 0.29) is 13.2 Å². The number of aryl methyl sites for hydroxylation is 2. The molecule has 0 radical (unpaired) electrons. The van der Waals surface area contributed by atoms with Gasteiger partial charge in [-0.25, -0.2) is 14.3 Å². The monoisotopic (exact) mass is 368 g/mol. The summed E-state index contributed by atoms with van der Waals surface area (Å²) in [6.45, 7) is 0.354. The third-order valence-electron chi connectivity index (χ3n) is 4.27. The number of fused-ring (bicyclic) bond motifs is 1. The van der Waals surface area contributed by atoms with Gasteiger partial charge in [0, 0.05) is 32.7 Å². The molecule has 2 heterocycles. The van der Waals surface area contributed by atoms with Crippen molar-refractivity contribution in [2.45, 2.75) is 13.0 Å². The lowest BCUT2D eigenvalue weighted by molar-refractivity contribution is 0.233. The van der Waals surface area contributed by atoms with Crippen molar-refractivity contribution < 1.29 is 9.84 Å². The number of rotatable bonds is 6. The number of benzene rings is 1. The Labute approximate surface area is 155 Å². The standard InChI is InChI=1S/C19H20N4O4/c1-4-9-23-18(25)15-17(22(3)19(23)26)20-16(21(15)2)13-7-5-8-14(12-13)27-11-6-10-24/h1,5,7-8,12,24H,6,9-11H2,2-3H3. The maximum atomic E-state index is 12.7. The van der Waals surface area contributed by atoms with Gasteiger partial charge in [-0.15, -0.1) is 6.42 Å². The van der Waals surface area contributed by atoms with Crippen molar-refractivity contribution in [3.8, 4) is 29.5 Å². The van der Waals surface area contributed by atoms with Gasteiger partial charge in [0.1, 0.15) is 11.6 Å². The number of hydrogen-bond acceptors (Lipinski definition) is 5. The molecule has 0 saturated carbocycles. The van der Waals surface area contributed by atoms with Crippen LogP contribution in [0.2, 0.25) is 0 Å².